The fourth-order valence-electron chi connectivity index (χ4n) is 2.44. The Morgan fingerprint density at radius 1 is 1.09 bits per heavy atom. The number of benzene rings is 1. The molecule has 1 N–H and O–H groups in total. The van der Waals surface area contributed by atoms with Gasteiger partial charge < -0.3 is 4.55 Å². The van der Waals surface area contributed by atoms with Crippen LogP contribution in [0, 0.1) is 0 Å². The quantitative estimate of drug-likeness (QED) is 0.591. The van der Waals surface area contributed by atoms with E-state index in [9.17, 15) is 4.55 Å². The van der Waals surface area contributed by atoms with Gasteiger partial charge in [-0.2, -0.15) is 5.10 Å². The highest BCUT2D eigenvalue weighted by atomic mass is 32.2. The van der Waals surface area contributed by atoms with Crippen molar-refractivity contribution < 1.29 is 4.55 Å². The Morgan fingerprint density at radius 3 is 2.73 bits per heavy atom. The van der Waals surface area contributed by atoms with Crippen LogP contribution in [-0.4, -0.2) is 23.7 Å². The fraction of sp³-hybridized carbons (Fsp3) is 0. The van der Waals surface area contributed by atoms with Gasteiger partial charge in [0.15, 0.2) is 10.5 Å². The summed E-state index contributed by atoms with van der Waals surface area (Å²) in [5, 5.41) is 7.75. The molecule has 0 aliphatic carbocycles. The molecule has 108 valence electrons. The van der Waals surface area contributed by atoms with Gasteiger partial charge in [-0.1, -0.05) is 18.2 Å². The lowest BCUT2D eigenvalue weighted by Gasteiger charge is -2.10. The second-order valence-corrected chi connectivity index (χ2v) is 6.16. The Labute approximate surface area is 129 Å². The number of nitrogens with zero attached hydrogens (tertiary/aromatic N) is 3. The van der Waals surface area contributed by atoms with Crippen molar-refractivity contribution in [2.24, 2.45) is 0 Å². The first-order valence-corrected chi connectivity index (χ1v) is 7.88. The van der Waals surface area contributed by atoms with Gasteiger partial charge in [-0.3, -0.25) is 5.10 Å². The average molecular weight is 308 g/mol. The summed E-state index contributed by atoms with van der Waals surface area (Å²) in [6.45, 7) is 0. The first-order chi connectivity index (χ1) is 10.8. The standard InChI is InChI=1S/C16H12N4OS/c21-22(13-5-2-1-3-6-13)20-11-15(12-9-18-19-10-12)14-7-4-8-17-16(14)20/h1-11H,(H,18,19). The first kappa shape index (κ1) is 13.1. The Morgan fingerprint density at radius 2 is 1.95 bits per heavy atom. The minimum atomic E-state index is -1.34. The fourth-order valence-corrected chi connectivity index (χ4v) is 3.56. The van der Waals surface area contributed by atoms with E-state index in [1.54, 1.807) is 16.4 Å². The van der Waals surface area contributed by atoms with Gasteiger partial charge in [0.1, 0.15) is 11.4 Å². The van der Waals surface area contributed by atoms with Gasteiger partial charge in [0.25, 0.3) is 0 Å². The van der Waals surface area contributed by atoms with Crippen LogP contribution in [0.4, 0.5) is 0 Å². The third kappa shape index (κ3) is 2.09. The number of pyridine rings is 1. The summed E-state index contributed by atoms with van der Waals surface area (Å²) < 4.78 is 14.6. The van der Waals surface area contributed by atoms with Gasteiger partial charge in [-0.05, 0) is 24.3 Å². The lowest BCUT2D eigenvalue weighted by atomic mass is 10.1. The molecule has 0 saturated heterocycles. The maximum absolute atomic E-state index is 12.9. The predicted octanol–water partition coefficient (Wildman–Crippen LogP) is 3.00. The van der Waals surface area contributed by atoms with Crippen molar-refractivity contribution in [1.82, 2.24) is 19.2 Å². The summed E-state index contributed by atoms with van der Waals surface area (Å²) in [4.78, 5) is 5.14. The van der Waals surface area contributed by atoms with Crippen LogP contribution < -0.4 is 0 Å². The molecular weight excluding hydrogens is 296 g/mol. The highest BCUT2D eigenvalue weighted by molar-refractivity contribution is 7.90. The first-order valence-electron chi connectivity index (χ1n) is 6.77. The molecule has 0 bridgehead atoms. The predicted molar refractivity (Wildman–Crippen MR) is 85.6 cm³/mol. The third-order valence-corrected chi connectivity index (χ3v) is 4.78. The normalized spacial score (nSPS) is 12.6. The summed E-state index contributed by atoms with van der Waals surface area (Å²) in [6.07, 6.45) is 7.14. The second kappa shape index (κ2) is 5.32. The maximum Gasteiger partial charge on any atom is 0.187 e. The molecule has 6 heteroatoms. The van der Waals surface area contributed by atoms with E-state index in [1.165, 1.54) is 0 Å². The van der Waals surface area contributed by atoms with E-state index in [1.807, 2.05) is 54.9 Å². The Balaban J connectivity index is 1.92. The summed E-state index contributed by atoms with van der Waals surface area (Å²) in [7, 11) is 0. The van der Waals surface area contributed by atoms with E-state index in [0.29, 0.717) is 5.65 Å². The average Bonchev–Trinajstić information content (AvgIpc) is 3.22. The van der Waals surface area contributed by atoms with Crippen molar-refractivity contribution >= 4 is 22.4 Å². The molecule has 0 fully saturated rings. The molecule has 0 saturated carbocycles. The van der Waals surface area contributed by atoms with Gasteiger partial charge in [0.2, 0.25) is 0 Å². The van der Waals surface area contributed by atoms with Crippen molar-refractivity contribution in [3.05, 3.63) is 67.3 Å². The van der Waals surface area contributed by atoms with Crippen molar-refractivity contribution in [3.8, 4) is 11.1 Å². The largest absolute Gasteiger partial charge is 0.587 e. The minimum absolute atomic E-state index is 0.695. The van der Waals surface area contributed by atoms with Crippen LogP contribution in [0.1, 0.15) is 0 Å². The van der Waals surface area contributed by atoms with Crippen LogP contribution in [0.2, 0.25) is 0 Å². The van der Waals surface area contributed by atoms with E-state index in [0.717, 1.165) is 21.4 Å². The minimum Gasteiger partial charge on any atom is -0.587 e. The zero-order valence-corrected chi connectivity index (χ0v) is 12.3. The monoisotopic (exact) mass is 308 g/mol. The number of hydrogen-bond acceptors (Lipinski definition) is 3. The summed E-state index contributed by atoms with van der Waals surface area (Å²) in [5.74, 6) is 0. The van der Waals surface area contributed by atoms with Gasteiger partial charge in [0, 0.05) is 28.9 Å². The molecule has 22 heavy (non-hydrogen) atoms. The third-order valence-electron chi connectivity index (χ3n) is 3.46. The lowest BCUT2D eigenvalue weighted by Crippen LogP contribution is -2.12. The molecule has 1 unspecified atom stereocenters. The number of hydrogen-bond donors (Lipinski definition) is 1. The van der Waals surface area contributed by atoms with E-state index >= 15 is 0 Å². The Kier molecular flexibility index (Phi) is 3.17. The number of aromatic amines is 1. The highest BCUT2D eigenvalue weighted by Gasteiger charge is 2.21. The van der Waals surface area contributed by atoms with Crippen molar-refractivity contribution in [3.63, 3.8) is 0 Å². The SMILES string of the molecule is [O-][S+](c1ccccc1)n1cc(-c2cn[nH]c2)c2cccnc21. The molecule has 3 heterocycles. The molecule has 1 aromatic carbocycles. The van der Waals surface area contributed by atoms with E-state index in [4.69, 9.17) is 0 Å². The lowest BCUT2D eigenvalue weighted by molar-refractivity contribution is 0.587. The van der Waals surface area contributed by atoms with Crippen LogP contribution in [0.15, 0.2) is 72.1 Å². The van der Waals surface area contributed by atoms with Crippen LogP contribution in [0.3, 0.4) is 0 Å². The summed E-state index contributed by atoms with van der Waals surface area (Å²) in [6, 6.07) is 13.2. The molecule has 4 rings (SSSR count). The van der Waals surface area contributed by atoms with Gasteiger partial charge in [-0.25, -0.2) is 4.98 Å². The molecule has 1 atom stereocenters. The molecule has 5 nitrogen and oxygen atoms in total. The maximum atomic E-state index is 12.9. The van der Waals surface area contributed by atoms with Crippen molar-refractivity contribution in [2.75, 3.05) is 0 Å². The van der Waals surface area contributed by atoms with Crippen molar-refractivity contribution in [1.29, 1.82) is 0 Å². The number of H-pyrrole nitrogens is 1. The number of fused-ring (bicyclic) bond motifs is 1. The number of nitrogens with one attached hydrogen (secondary N) is 1. The zero-order valence-electron chi connectivity index (χ0n) is 11.5. The number of aromatic nitrogens is 4. The van der Waals surface area contributed by atoms with Gasteiger partial charge in [0.05, 0.1) is 12.4 Å². The zero-order chi connectivity index (χ0) is 14.9. The molecule has 0 spiro atoms. The second-order valence-electron chi connectivity index (χ2n) is 4.79. The van der Waals surface area contributed by atoms with Crippen LogP contribution >= 0.6 is 0 Å². The summed E-state index contributed by atoms with van der Waals surface area (Å²) in [5.41, 5.74) is 2.60. The Hall–Kier alpha value is -2.57. The smallest absolute Gasteiger partial charge is 0.187 e. The molecule has 0 radical (unpaired) electrons. The highest BCUT2D eigenvalue weighted by Crippen LogP contribution is 2.31. The van der Waals surface area contributed by atoms with E-state index in [-0.39, 0.29) is 0 Å². The molecule has 0 aliphatic rings. The van der Waals surface area contributed by atoms with Crippen LogP contribution in [-0.2, 0) is 11.4 Å². The molecular formula is C16H12N4OS. The molecule has 0 aliphatic heterocycles. The molecule has 3 aromatic heterocycles. The van der Waals surface area contributed by atoms with Crippen molar-refractivity contribution in [2.45, 2.75) is 4.90 Å². The van der Waals surface area contributed by atoms with Crippen LogP contribution in [0.5, 0.6) is 0 Å². The van der Waals surface area contributed by atoms with E-state index < -0.39 is 11.4 Å². The van der Waals surface area contributed by atoms with Gasteiger partial charge in [-0.15, -0.1) is 3.97 Å². The van der Waals surface area contributed by atoms with E-state index in [2.05, 4.69) is 15.2 Å². The molecule has 4 aromatic rings. The summed E-state index contributed by atoms with van der Waals surface area (Å²) >= 11 is -1.34. The van der Waals surface area contributed by atoms with Crippen LogP contribution in [0.25, 0.3) is 22.2 Å². The number of rotatable bonds is 3. The van der Waals surface area contributed by atoms with Gasteiger partial charge >= 0.3 is 0 Å². The molecule has 0 amide bonds. The Bertz CT molecular complexity index is 902. The topological polar surface area (TPSA) is 69.6 Å².